The van der Waals surface area contributed by atoms with Gasteiger partial charge in [0.25, 0.3) is 0 Å². The van der Waals surface area contributed by atoms with E-state index in [1.807, 2.05) is 66.7 Å². The van der Waals surface area contributed by atoms with Crippen LogP contribution in [0.3, 0.4) is 0 Å². The minimum Gasteiger partial charge on any atom is -0.362 e. The Morgan fingerprint density at radius 3 is 2.41 bits per heavy atom. The van der Waals surface area contributed by atoms with Gasteiger partial charge in [0.15, 0.2) is 5.78 Å². The number of carbonyl (C=O) groups is 1. The summed E-state index contributed by atoms with van der Waals surface area (Å²) in [6, 6.07) is 21.8. The fourth-order valence-electron chi connectivity index (χ4n) is 2.20. The minimum absolute atomic E-state index is 0.0104. The average molecular weight is 399 g/mol. The van der Waals surface area contributed by atoms with Crippen LogP contribution in [-0.2, 0) is 0 Å². The number of ketones is 1. The van der Waals surface area contributed by atoms with Crippen LogP contribution in [0.1, 0.15) is 10.4 Å². The largest absolute Gasteiger partial charge is 0.362 e. The molecule has 0 fully saturated rings. The third kappa shape index (κ3) is 3.54. The van der Waals surface area contributed by atoms with Crippen LogP contribution in [0.4, 0.5) is 5.69 Å². The Balaban J connectivity index is 1.72. The highest BCUT2D eigenvalue weighted by Gasteiger charge is 2.02. The molecule has 1 N–H and O–H groups in total. The molecule has 2 nitrogen and oxygen atoms in total. The Morgan fingerprint density at radius 2 is 1.64 bits per heavy atom. The number of rotatable bonds is 4. The summed E-state index contributed by atoms with van der Waals surface area (Å²) in [6.45, 7) is 0. The van der Waals surface area contributed by atoms with E-state index in [9.17, 15) is 4.79 Å². The number of anilines is 1. The van der Waals surface area contributed by atoms with E-state index in [2.05, 4.69) is 27.9 Å². The van der Waals surface area contributed by atoms with Crippen molar-refractivity contribution < 1.29 is 4.79 Å². The van der Waals surface area contributed by atoms with Crippen LogP contribution in [0.5, 0.6) is 0 Å². The highest BCUT2D eigenvalue weighted by molar-refractivity contribution is 14.1. The van der Waals surface area contributed by atoms with Gasteiger partial charge >= 0.3 is 0 Å². The zero-order chi connectivity index (χ0) is 15.4. The Bertz CT molecular complexity index is 837. The van der Waals surface area contributed by atoms with Crippen LogP contribution < -0.4 is 5.32 Å². The fraction of sp³-hybridized carbons (Fsp3) is 0. The maximum Gasteiger partial charge on any atom is 0.187 e. The Hall–Kier alpha value is -2.14. The molecule has 3 heteroatoms. The van der Waals surface area contributed by atoms with Crippen LogP contribution in [0.2, 0.25) is 0 Å². The second-order valence-electron chi connectivity index (χ2n) is 4.91. The summed E-state index contributed by atoms with van der Waals surface area (Å²) >= 11 is 2.26. The fourth-order valence-corrected chi connectivity index (χ4v) is 2.56. The van der Waals surface area contributed by atoms with E-state index in [0.29, 0.717) is 5.56 Å². The predicted molar refractivity (Wildman–Crippen MR) is 100 cm³/mol. The molecule has 0 bridgehead atoms. The van der Waals surface area contributed by atoms with Gasteiger partial charge in [0, 0.05) is 27.1 Å². The molecule has 22 heavy (non-hydrogen) atoms. The molecule has 0 saturated carbocycles. The maximum absolute atomic E-state index is 12.2. The van der Waals surface area contributed by atoms with Gasteiger partial charge < -0.3 is 5.32 Å². The van der Waals surface area contributed by atoms with Crippen LogP contribution in [0, 0.1) is 3.57 Å². The number of carbonyl (C=O) groups excluding carboxylic acids is 1. The van der Waals surface area contributed by atoms with Crippen molar-refractivity contribution in [2.75, 3.05) is 5.32 Å². The summed E-state index contributed by atoms with van der Waals surface area (Å²) < 4.78 is 1.18. The van der Waals surface area contributed by atoms with E-state index < -0.39 is 0 Å². The zero-order valence-corrected chi connectivity index (χ0v) is 13.9. The molecule has 0 aliphatic heterocycles. The molecule has 108 valence electrons. The number of hydrogen-bond acceptors (Lipinski definition) is 2. The van der Waals surface area contributed by atoms with Gasteiger partial charge in [0.2, 0.25) is 0 Å². The van der Waals surface area contributed by atoms with Crippen molar-refractivity contribution in [3.8, 4) is 0 Å². The number of fused-ring (bicyclic) bond motifs is 1. The van der Waals surface area contributed by atoms with Gasteiger partial charge in [-0.2, -0.15) is 0 Å². The standard InChI is InChI=1S/C19H14INO/c20-17-7-9-18(10-8-17)21-12-11-19(22)16-6-5-14-3-1-2-4-15(14)13-16/h1-13,21H/b12-11+. The molecular weight excluding hydrogens is 385 g/mol. The molecule has 0 saturated heterocycles. The van der Waals surface area contributed by atoms with Crippen LogP contribution >= 0.6 is 22.6 Å². The van der Waals surface area contributed by atoms with Crippen molar-refractivity contribution in [3.63, 3.8) is 0 Å². The second kappa shape index (κ2) is 6.75. The molecule has 0 aliphatic rings. The van der Waals surface area contributed by atoms with Crippen molar-refractivity contribution >= 4 is 44.8 Å². The van der Waals surface area contributed by atoms with Crippen molar-refractivity contribution in [2.45, 2.75) is 0 Å². The molecule has 0 heterocycles. The normalized spacial score (nSPS) is 11.0. The van der Waals surface area contributed by atoms with E-state index in [-0.39, 0.29) is 5.78 Å². The average Bonchev–Trinajstić information content (AvgIpc) is 2.56. The SMILES string of the molecule is O=C(/C=C/Nc1ccc(I)cc1)c1ccc2ccccc2c1. The first kappa shape index (κ1) is 14.8. The Labute approximate surface area is 143 Å². The van der Waals surface area contributed by atoms with Gasteiger partial charge in [-0.3, -0.25) is 4.79 Å². The summed E-state index contributed by atoms with van der Waals surface area (Å²) in [4.78, 5) is 12.2. The highest BCUT2D eigenvalue weighted by Crippen LogP contribution is 2.16. The lowest BCUT2D eigenvalue weighted by atomic mass is 10.0. The van der Waals surface area contributed by atoms with Gasteiger partial charge in [0.05, 0.1) is 0 Å². The minimum atomic E-state index is -0.0104. The summed E-state index contributed by atoms with van der Waals surface area (Å²) in [5.41, 5.74) is 1.65. The first-order valence-electron chi connectivity index (χ1n) is 6.94. The van der Waals surface area contributed by atoms with E-state index in [0.717, 1.165) is 16.5 Å². The van der Waals surface area contributed by atoms with Crippen molar-refractivity contribution in [1.82, 2.24) is 0 Å². The van der Waals surface area contributed by atoms with Gasteiger partial charge in [-0.25, -0.2) is 0 Å². The smallest absolute Gasteiger partial charge is 0.187 e. The lowest BCUT2D eigenvalue weighted by Crippen LogP contribution is -1.96. The molecule has 0 aliphatic carbocycles. The summed E-state index contributed by atoms with van der Waals surface area (Å²) in [5, 5.41) is 5.32. The molecule has 0 unspecified atom stereocenters. The highest BCUT2D eigenvalue weighted by atomic mass is 127. The molecule has 0 aromatic heterocycles. The number of nitrogens with one attached hydrogen (secondary N) is 1. The summed E-state index contributed by atoms with van der Waals surface area (Å²) in [5.74, 6) is -0.0104. The first-order chi connectivity index (χ1) is 10.7. The quantitative estimate of drug-likeness (QED) is 0.369. The second-order valence-corrected chi connectivity index (χ2v) is 6.16. The monoisotopic (exact) mass is 399 g/mol. The molecule has 3 aromatic rings. The van der Waals surface area contributed by atoms with Gasteiger partial charge in [-0.05, 0) is 63.7 Å². The molecule has 0 amide bonds. The first-order valence-corrected chi connectivity index (χ1v) is 8.02. The number of benzene rings is 3. The van der Waals surface area contributed by atoms with E-state index in [4.69, 9.17) is 0 Å². The third-order valence-electron chi connectivity index (χ3n) is 3.36. The molecule has 0 atom stereocenters. The molecular formula is C19H14INO. The number of allylic oxidation sites excluding steroid dienone is 1. The lowest BCUT2D eigenvalue weighted by molar-refractivity contribution is 0.104. The third-order valence-corrected chi connectivity index (χ3v) is 4.08. The Kier molecular flexibility index (Phi) is 4.53. The van der Waals surface area contributed by atoms with Gasteiger partial charge in [-0.15, -0.1) is 0 Å². The van der Waals surface area contributed by atoms with E-state index >= 15 is 0 Å². The molecule has 0 spiro atoms. The van der Waals surface area contributed by atoms with Crippen LogP contribution in [0.25, 0.3) is 10.8 Å². The van der Waals surface area contributed by atoms with E-state index in [1.54, 1.807) is 12.3 Å². The van der Waals surface area contributed by atoms with Gasteiger partial charge in [0.1, 0.15) is 0 Å². The summed E-state index contributed by atoms with van der Waals surface area (Å²) in [6.07, 6.45) is 3.24. The topological polar surface area (TPSA) is 29.1 Å². The number of halogens is 1. The zero-order valence-electron chi connectivity index (χ0n) is 11.8. The number of hydrogen-bond donors (Lipinski definition) is 1. The van der Waals surface area contributed by atoms with Crippen molar-refractivity contribution in [2.24, 2.45) is 0 Å². The Morgan fingerprint density at radius 1 is 0.909 bits per heavy atom. The van der Waals surface area contributed by atoms with Crippen molar-refractivity contribution in [1.29, 1.82) is 0 Å². The van der Waals surface area contributed by atoms with Crippen LogP contribution in [-0.4, -0.2) is 5.78 Å². The van der Waals surface area contributed by atoms with E-state index in [1.165, 1.54) is 3.57 Å². The maximum atomic E-state index is 12.2. The summed E-state index contributed by atoms with van der Waals surface area (Å²) in [7, 11) is 0. The van der Waals surface area contributed by atoms with Gasteiger partial charge in [-0.1, -0.05) is 36.4 Å². The van der Waals surface area contributed by atoms with Crippen molar-refractivity contribution in [3.05, 3.63) is 88.1 Å². The predicted octanol–water partition coefficient (Wildman–Crippen LogP) is 5.25. The lowest BCUT2D eigenvalue weighted by Gasteiger charge is -2.02. The molecule has 3 rings (SSSR count). The molecule has 3 aromatic carbocycles. The molecule has 0 radical (unpaired) electrons. The van der Waals surface area contributed by atoms with Crippen LogP contribution in [0.15, 0.2) is 79.0 Å².